The Morgan fingerprint density at radius 1 is 1.14 bits per heavy atom. The molecule has 0 spiro atoms. The van der Waals surface area contributed by atoms with Crippen molar-refractivity contribution in [2.75, 3.05) is 11.5 Å². The SMILES string of the molecule is CCOC(=O)c1sc(N2C(=O)C(=O)/C(=C(/O)c3c(C)nc4ccccn34)C2c2cccc(Br)c2)nc1C. The van der Waals surface area contributed by atoms with Crippen LogP contribution in [0.5, 0.6) is 0 Å². The smallest absolute Gasteiger partial charge is 0.350 e. The van der Waals surface area contributed by atoms with Gasteiger partial charge in [0, 0.05) is 10.7 Å². The normalized spacial score (nSPS) is 17.1. The highest BCUT2D eigenvalue weighted by molar-refractivity contribution is 9.10. The zero-order valence-corrected chi connectivity index (χ0v) is 22.5. The molecular weight excluding hydrogens is 560 g/mol. The standard InChI is InChI=1S/C26H21BrN4O5S/c1-4-36-25(35)23-14(3)29-26(37-23)31-20(15-8-7-9-16(27)12-15)18(22(33)24(31)34)21(32)19-13(2)28-17-10-5-6-11-30(17)19/h5-12,20,32H,4H2,1-3H3/b21-18+. The largest absolute Gasteiger partial charge is 0.505 e. The Morgan fingerprint density at radius 3 is 2.65 bits per heavy atom. The minimum atomic E-state index is -0.994. The van der Waals surface area contributed by atoms with Gasteiger partial charge in [0.2, 0.25) is 0 Å². The summed E-state index contributed by atoms with van der Waals surface area (Å²) >= 11 is 4.42. The number of hydrogen-bond donors (Lipinski definition) is 1. The lowest BCUT2D eigenvalue weighted by molar-refractivity contribution is -0.132. The number of esters is 1. The van der Waals surface area contributed by atoms with Crippen LogP contribution in [0, 0.1) is 13.8 Å². The number of amides is 1. The topological polar surface area (TPSA) is 114 Å². The van der Waals surface area contributed by atoms with Gasteiger partial charge in [0.15, 0.2) is 10.9 Å². The van der Waals surface area contributed by atoms with Gasteiger partial charge in [-0.05, 0) is 50.6 Å². The quantitative estimate of drug-likeness (QED) is 0.153. The predicted octanol–water partition coefficient (Wildman–Crippen LogP) is 4.97. The summed E-state index contributed by atoms with van der Waals surface area (Å²) in [6.07, 6.45) is 1.73. The number of ketones is 1. The Bertz CT molecular complexity index is 1620. The molecule has 1 fully saturated rings. The van der Waals surface area contributed by atoms with Crippen molar-refractivity contribution in [1.29, 1.82) is 0 Å². The third kappa shape index (κ3) is 4.13. The van der Waals surface area contributed by atoms with Crippen LogP contribution in [0.15, 0.2) is 58.7 Å². The molecule has 0 saturated carbocycles. The van der Waals surface area contributed by atoms with Crippen LogP contribution in [0.3, 0.4) is 0 Å². The van der Waals surface area contributed by atoms with Crippen molar-refractivity contribution in [1.82, 2.24) is 14.4 Å². The third-order valence-corrected chi connectivity index (χ3v) is 7.62. The summed E-state index contributed by atoms with van der Waals surface area (Å²) in [5.41, 5.74) is 2.26. The molecule has 37 heavy (non-hydrogen) atoms. The molecular formula is C26H21BrN4O5S. The Balaban J connectivity index is 1.75. The number of aliphatic hydroxyl groups is 1. The van der Waals surface area contributed by atoms with E-state index >= 15 is 0 Å². The van der Waals surface area contributed by atoms with E-state index in [2.05, 4.69) is 25.9 Å². The van der Waals surface area contributed by atoms with Gasteiger partial charge in [0.05, 0.1) is 29.6 Å². The lowest BCUT2D eigenvalue weighted by atomic mass is 9.96. The Labute approximate surface area is 224 Å². The Morgan fingerprint density at radius 2 is 1.92 bits per heavy atom. The lowest BCUT2D eigenvalue weighted by Gasteiger charge is -2.23. The van der Waals surface area contributed by atoms with Crippen molar-refractivity contribution in [3.63, 3.8) is 0 Å². The van der Waals surface area contributed by atoms with Crippen LogP contribution in [-0.4, -0.2) is 43.7 Å². The van der Waals surface area contributed by atoms with Gasteiger partial charge in [-0.2, -0.15) is 0 Å². The average molecular weight is 581 g/mol. The molecule has 5 rings (SSSR count). The number of fused-ring (bicyclic) bond motifs is 1. The second-order valence-corrected chi connectivity index (χ2v) is 10.2. The molecule has 188 valence electrons. The van der Waals surface area contributed by atoms with E-state index in [0.29, 0.717) is 28.3 Å². The molecule has 4 heterocycles. The number of halogens is 1. The maximum atomic E-state index is 13.5. The molecule has 0 aliphatic carbocycles. The first-order valence-corrected chi connectivity index (χ1v) is 13.0. The van der Waals surface area contributed by atoms with Crippen molar-refractivity contribution < 1.29 is 24.2 Å². The molecule has 3 aromatic heterocycles. The van der Waals surface area contributed by atoms with Gasteiger partial charge in [-0.25, -0.2) is 14.8 Å². The lowest BCUT2D eigenvalue weighted by Crippen LogP contribution is -2.29. The monoisotopic (exact) mass is 580 g/mol. The number of anilines is 1. The van der Waals surface area contributed by atoms with E-state index in [-0.39, 0.29) is 27.9 Å². The zero-order valence-electron chi connectivity index (χ0n) is 20.1. The molecule has 1 saturated heterocycles. The van der Waals surface area contributed by atoms with Crippen molar-refractivity contribution in [3.05, 3.63) is 86.2 Å². The molecule has 0 bridgehead atoms. The summed E-state index contributed by atoms with van der Waals surface area (Å²) < 4.78 is 7.51. The highest BCUT2D eigenvalue weighted by atomic mass is 79.9. The number of rotatable bonds is 5. The number of aryl methyl sites for hydroxylation is 2. The number of imidazole rings is 1. The van der Waals surface area contributed by atoms with Gasteiger partial charge in [-0.15, -0.1) is 0 Å². The number of benzene rings is 1. The number of Topliss-reactive ketones (excluding diaryl/α,β-unsaturated/α-hetero) is 1. The fourth-order valence-corrected chi connectivity index (χ4v) is 5.82. The van der Waals surface area contributed by atoms with Crippen LogP contribution in [0.2, 0.25) is 0 Å². The minimum absolute atomic E-state index is 0.0950. The van der Waals surface area contributed by atoms with Crippen molar-refractivity contribution in [2.45, 2.75) is 26.8 Å². The molecule has 1 aliphatic rings. The van der Waals surface area contributed by atoms with E-state index in [4.69, 9.17) is 4.74 Å². The molecule has 1 unspecified atom stereocenters. The summed E-state index contributed by atoms with van der Waals surface area (Å²) in [7, 11) is 0. The zero-order chi connectivity index (χ0) is 26.4. The maximum absolute atomic E-state index is 13.5. The fraction of sp³-hybridized carbons (Fsp3) is 0.192. The number of carbonyl (C=O) groups excluding carboxylic acids is 3. The van der Waals surface area contributed by atoms with Gasteiger partial charge in [0.25, 0.3) is 5.78 Å². The van der Waals surface area contributed by atoms with E-state index in [1.165, 1.54) is 4.90 Å². The van der Waals surface area contributed by atoms with Crippen molar-refractivity contribution in [2.24, 2.45) is 0 Å². The average Bonchev–Trinajstić information content (AvgIpc) is 3.49. The minimum Gasteiger partial charge on any atom is -0.505 e. The fourth-order valence-electron chi connectivity index (χ4n) is 4.42. The van der Waals surface area contributed by atoms with Crippen molar-refractivity contribution >= 4 is 61.5 Å². The van der Waals surface area contributed by atoms with Crippen LogP contribution < -0.4 is 4.90 Å². The maximum Gasteiger partial charge on any atom is 0.350 e. The van der Waals surface area contributed by atoms with Crippen molar-refractivity contribution in [3.8, 4) is 0 Å². The van der Waals surface area contributed by atoms with Crippen LogP contribution in [-0.2, 0) is 14.3 Å². The number of ether oxygens (including phenoxy) is 1. The molecule has 1 aromatic carbocycles. The number of nitrogens with zero attached hydrogens (tertiary/aromatic N) is 4. The molecule has 1 aliphatic heterocycles. The Kier molecular flexibility index (Phi) is 6.42. The molecule has 9 nitrogen and oxygen atoms in total. The number of aromatic nitrogens is 3. The Hall–Kier alpha value is -3.83. The molecule has 4 aromatic rings. The van der Waals surface area contributed by atoms with Gasteiger partial charge < -0.3 is 9.84 Å². The number of thiazole rings is 1. The summed E-state index contributed by atoms with van der Waals surface area (Å²) in [5.74, 6) is -2.62. The van der Waals surface area contributed by atoms with E-state index in [1.807, 2.05) is 12.1 Å². The van der Waals surface area contributed by atoms with E-state index in [9.17, 15) is 19.5 Å². The highest BCUT2D eigenvalue weighted by Crippen LogP contribution is 2.44. The van der Waals surface area contributed by atoms with Crippen LogP contribution in [0.4, 0.5) is 5.13 Å². The summed E-state index contributed by atoms with van der Waals surface area (Å²) in [4.78, 5) is 49.8. The number of aliphatic hydroxyl groups excluding tert-OH is 1. The molecule has 1 atom stereocenters. The van der Waals surface area contributed by atoms with E-state index in [1.54, 1.807) is 61.7 Å². The first-order valence-electron chi connectivity index (χ1n) is 11.4. The molecule has 1 N–H and O–H groups in total. The van der Waals surface area contributed by atoms with Gasteiger partial charge in [-0.1, -0.05) is 45.5 Å². The summed E-state index contributed by atoms with van der Waals surface area (Å²) in [6, 6.07) is 11.5. The molecule has 1 amide bonds. The summed E-state index contributed by atoms with van der Waals surface area (Å²) in [5, 5.41) is 11.7. The molecule has 0 radical (unpaired) electrons. The van der Waals surface area contributed by atoms with Gasteiger partial charge >= 0.3 is 11.9 Å². The molecule has 11 heteroatoms. The highest BCUT2D eigenvalue weighted by Gasteiger charge is 2.49. The number of pyridine rings is 1. The third-order valence-electron chi connectivity index (χ3n) is 5.99. The van der Waals surface area contributed by atoms with Crippen LogP contribution >= 0.6 is 27.3 Å². The number of hydrogen-bond acceptors (Lipinski definition) is 8. The first-order chi connectivity index (χ1) is 17.7. The van der Waals surface area contributed by atoms with E-state index in [0.717, 1.165) is 15.8 Å². The summed E-state index contributed by atoms with van der Waals surface area (Å²) in [6.45, 7) is 5.25. The van der Waals surface area contributed by atoms with Crippen LogP contribution in [0.25, 0.3) is 11.4 Å². The van der Waals surface area contributed by atoms with Gasteiger partial charge in [0.1, 0.15) is 16.2 Å². The van der Waals surface area contributed by atoms with Gasteiger partial charge in [-0.3, -0.25) is 18.9 Å². The van der Waals surface area contributed by atoms with Crippen LogP contribution in [0.1, 0.15) is 45.3 Å². The second kappa shape index (κ2) is 9.56. The first kappa shape index (κ1) is 24.8. The van der Waals surface area contributed by atoms with E-state index < -0.39 is 23.7 Å². The predicted molar refractivity (Wildman–Crippen MR) is 142 cm³/mol. The second-order valence-electron chi connectivity index (χ2n) is 8.33. The number of carbonyl (C=O) groups is 3.